The van der Waals surface area contributed by atoms with Crippen molar-refractivity contribution in [2.24, 2.45) is 0 Å². The third-order valence-corrected chi connectivity index (χ3v) is 5.44. The molecule has 0 unspecified atom stereocenters. The van der Waals surface area contributed by atoms with Gasteiger partial charge in [-0.15, -0.1) is 0 Å². The summed E-state index contributed by atoms with van der Waals surface area (Å²) in [6.45, 7) is 0. The van der Waals surface area contributed by atoms with E-state index >= 15 is 8.78 Å². The van der Waals surface area contributed by atoms with E-state index in [1.54, 1.807) is 78.9 Å². The van der Waals surface area contributed by atoms with E-state index in [2.05, 4.69) is 15.9 Å². The van der Waals surface area contributed by atoms with Crippen LogP contribution in [-0.2, 0) is 10.5 Å². The number of alkyl halides is 2. The average Bonchev–Trinajstić information content (AvgIpc) is 2.88. The Kier molecular flexibility index (Phi) is 3.58. The summed E-state index contributed by atoms with van der Waals surface area (Å²) in [5, 5.41) is 0. The molecule has 2 bridgehead atoms. The summed E-state index contributed by atoms with van der Waals surface area (Å²) in [5.74, 6) is -1.82. The van der Waals surface area contributed by atoms with Crippen LogP contribution in [0.1, 0.15) is 17.4 Å². The van der Waals surface area contributed by atoms with Gasteiger partial charge in [-0.3, -0.25) is 4.90 Å². The maximum Gasteiger partial charge on any atom is 0.397 e. The van der Waals surface area contributed by atoms with E-state index in [-0.39, 0.29) is 5.56 Å². The molecule has 27 heavy (non-hydrogen) atoms. The van der Waals surface area contributed by atoms with Crippen LogP contribution in [0.4, 0.5) is 14.5 Å². The first kappa shape index (κ1) is 16.7. The van der Waals surface area contributed by atoms with Crippen LogP contribution in [0.15, 0.2) is 83.3 Å². The summed E-state index contributed by atoms with van der Waals surface area (Å²) in [7, 11) is 0. The Bertz CT molecular complexity index is 997. The Morgan fingerprint density at radius 1 is 0.852 bits per heavy atom. The molecule has 2 aliphatic heterocycles. The molecule has 5 rings (SSSR count). The average molecular weight is 430 g/mol. The lowest BCUT2D eigenvalue weighted by Crippen LogP contribution is -2.53. The van der Waals surface area contributed by atoms with Gasteiger partial charge in [-0.1, -0.05) is 64.5 Å². The molecule has 0 saturated carbocycles. The van der Waals surface area contributed by atoms with Crippen molar-refractivity contribution < 1.29 is 18.3 Å². The van der Waals surface area contributed by atoms with Gasteiger partial charge in [0.15, 0.2) is 6.23 Å². The summed E-state index contributed by atoms with van der Waals surface area (Å²) in [6, 6.07) is 18.7. The van der Waals surface area contributed by atoms with Gasteiger partial charge < -0.3 is 9.47 Å². The molecule has 3 aromatic carbocycles. The van der Waals surface area contributed by atoms with Crippen molar-refractivity contribution in [3.05, 3.63) is 94.5 Å². The first-order valence-electron chi connectivity index (χ1n) is 8.47. The molecular weight excluding hydrogens is 416 g/mol. The van der Waals surface area contributed by atoms with E-state index in [9.17, 15) is 0 Å². The fourth-order valence-corrected chi connectivity index (χ4v) is 3.93. The van der Waals surface area contributed by atoms with Gasteiger partial charge in [-0.25, -0.2) is 0 Å². The first-order chi connectivity index (χ1) is 13.0. The SMILES string of the molecule is FC1(F)N(c2ccc(Br)cc2)[C@H]2O[C@]1(c1ccccc1)Oc1ccccc12. The second kappa shape index (κ2) is 5.78. The van der Waals surface area contributed by atoms with Gasteiger partial charge in [-0.05, 0) is 30.3 Å². The molecule has 1 saturated heterocycles. The highest BCUT2D eigenvalue weighted by atomic mass is 79.9. The van der Waals surface area contributed by atoms with Gasteiger partial charge in [0.1, 0.15) is 5.75 Å². The third-order valence-electron chi connectivity index (χ3n) is 4.91. The van der Waals surface area contributed by atoms with E-state index in [1.165, 1.54) is 0 Å². The second-order valence-electron chi connectivity index (χ2n) is 6.48. The Labute approximate surface area is 163 Å². The van der Waals surface area contributed by atoms with Crippen molar-refractivity contribution in [3.63, 3.8) is 0 Å². The van der Waals surface area contributed by atoms with Crippen LogP contribution in [0.5, 0.6) is 5.75 Å². The van der Waals surface area contributed by atoms with E-state index < -0.39 is 18.1 Å². The van der Waals surface area contributed by atoms with Gasteiger partial charge in [0.2, 0.25) is 0 Å². The molecule has 2 aliphatic rings. The van der Waals surface area contributed by atoms with E-state index in [0.29, 0.717) is 17.0 Å². The molecule has 136 valence electrons. The molecule has 0 spiro atoms. The molecule has 2 atom stereocenters. The summed E-state index contributed by atoms with van der Waals surface area (Å²) < 4.78 is 44.5. The summed E-state index contributed by atoms with van der Waals surface area (Å²) in [5.41, 5.74) is 1.20. The quantitative estimate of drug-likeness (QED) is 0.478. The number of nitrogens with zero attached hydrogens (tertiary/aromatic N) is 1. The number of hydrogen-bond donors (Lipinski definition) is 0. The van der Waals surface area contributed by atoms with Crippen molar-refractivity contribution in [2.45, 2.75) is 18.1 Å². The predicted molar refractivity (Wildman–Crippen MR) is 101 cm³/mol. The zero-order valence-corrected chi connectivity index (χ0v) is 15.6. The number of hydrogen-bond acceptors (Lipinski definition) is 3. The van der Waals surface area contributed by atoms with E-state index in [4.69, 9.17) is 9.47 Å². The van der Waals surface area contributed by atoms with Gasteiger partial charge in [0, 0.05) is 21.3 Å². The van der Waals surface area contributed by atoms with Gasteiger partial charge in [-0.2, -0.15) is 8.78 Å². The van der Waals surface area contributed by atoms with Crippen LogP contribution in [0, 0.1) is 0 Å². The number of fused-ring (bicyclic) bond motifs is 4. The van der Waals surface area contributed by atoms with Crippen molar-refractivity contribution in [2.75, 3.05) is 4.90 Å². The summed E-state index contributed by atoms with van der Waals surface area (Å²) in [6.07, 6.45) is -0.966. The molecule has 6 heteroatoms. The molecule has 1 fully saturated rings. The predicted octanol–water partition coefficient (Wildman–Crippen LogP) is 5.82. The van der Waals surface area contributed by atoms with Crippen LogP contribution in [0.2, 0.25) is 0 Å². The van der Waals surface area contributed by atoms with E-state index in [1.807, 2.05) is 0 Å². The lowest BCUT2D eigenvalue weighted by molar-refractivity contribution is -0.280. The standard InChI is InChI=1S/C21H14BrF2NO2/c22-15-10-12-16(13-11-15)25-19-17-8-4-5-9-18(17)26-20(27-19,21(25,23)24)14-6-2-1-3-7-14/h1-13,19H/t19-,20-/m0/s1. The molecule has 0 radical (unpaired) electrons. The monoisotopic (exact) mass is 429 g/mol. The van der Waals surface area contributed by atoms with Crippen LogP contribution in [0.3, 0.4) is 0 Å². The molecule has 3 aromatic rings. The van der Waals surface area contributed by atoms with Crippen molar-refractivity contribution >= 4 is 21.6 Å². The number of para-hydroxylation sites is 1. The number of anilines is 1. The Morgan fingerprint density at radius 3 is 2.26 bits per heavy atom. The van der Waals surface area contributed by atoms with Crippen LogP contribution >= 0.6 is 15.9 Å². The molecular formula is C21H14BrF2NO2. The molecule has 0 aliphatic carbocycles. The highest BCUT2D eigenvalue weighted by Gasteiger charge is 2.73. The van der Waals surface area contributed by atoms with Crippen LogP contribution in [0.25, 0.3) is 0 Å². The van der Waals surface area contributed by atoms with Gasteiger partial charge in [0.05, 0.1) is 0 Å². The van der Waals surface area contributed by atoms with Crippen molar-refractivity contribution in [1.29, 1.82) is 0 Å². The second-order valence-corrected chi connectivity index (χ2v) is 7.40. The molecule has 2 heterocycles. The third kappa shape index (κ3) is 2.26. The normalized spacial score (nSPS) is 25.0. The molecule has 0 aromatic heterocycles. The van der Waals surface area contributed by atoms with Crippen LogP contribution in [-0.4, -0.2) is 6.05 Å². The minimum Gasteiger partial charge on any atom is -0.450 e. The zero-order chi connectivity index (χ0) is 18.6. The van der Waals surface area contributed by atoms with Gasteiger partial charge in [0.25, 0.3) is 0 Å². The lowest BCUT2D eigenvalue weighted by Gasteiger charge is -2.36. The highest BCUT2D eigenvalue weighted by Crippen LogP contribution is 2.61. The largest absolute Gasteiger partial charge is 0.450 e. The molecule has 0 N–H and O–H groups in total. The van der Waals surface area contributed by atoms with Crippen molar-refractivity contribution in [3.8, 4) is 5.75 Å². The topological polar surface area (TPSA) is 21.7 Å². The number of halogens is 3. The van der Waals surface area contributed by atoms with Crippen LogP contribution < -0.4 is 9.64 Å². The maximum absolute atomic E-state index is 15.9. The summed E-state index contributed by atoms with van der Waals surface area (Å²) >= 11 is 3.35. The van der Waals surface area contributed by atoms with Crippen molar-refractivity contribution in [1.82, 2.24) is 0 Å². The number of benzene rings is 3. The molecule has 0 amide bonds. The Balaban J connectivity index is 1.75. The smallest absolute Gasteiger partial charge is 0.397 e. The lowest BCUT2D eigenvalue weighted by atomic mass is 10.0. The fourth-order valence-electron chi connectivity index (χ4n) is 3.66. The van der Waals surface area contributed by atoms with Gasteiger partial charge >= 0.3 is 11.8 Å². The number of ether oxygens (including phenoxy) is 2. The zero-order valence-electron chi connectivity index (χ0n) is 14.0. The highest BCUT2D eigenvalue weighted by molar-refractivity contribution is 9.10. The first-order valence-corrected chi connectivity index (χ1v) is 9.26. The Morgan fingerprint density at radius 2 is 1.52 bits per heavy atom. The minimum absolute atomic E-state index is 0.272. The minimum atomic E-state index is -3.44. The maximum atomic E-state index is 15.9. The Hall–Kier alpha value is -2.44. The van der Waals surface area contributed by atoms with E-state index in [0.717, 1.165) is 9.37 Å². The fraction of sp³-hybridized carbons (Fsp3) is 0.143. The molecule has 3 nitrogen and oxygen atoms in total. The summed E-state index contributed by atoms with van der Waals surface area (Å²) in [4.78, 5) is 0.998. The number of rotatable bonds is 2.